The van der Waals surface area contributed by atoms with E-state index in [2.05, 4.69) is 0 Å². The smallest absolute Gasteiger partial charge is 0.184 e. The van der Waals surface area contributed by atoms with Crippen molar-refractivity contribution in [2.24, 2.45) is 0 Å². The summed E-state index contributed by atoms with van der Waals surface area (Å²) in [6.07, 6.45) is -12.1. The first kappa shape index (κ1) is 17.9. The van der Waals surface area contributed by atoms with Crippen molar-refractivity contribution in [3.05, 3.63) is 0 Å². The van der Waals surface area contributed by atoms with E-state index in [9.17, 15) is 30.6 Å². The van der Waals surface area contributed by atoms with Gasteiger partial charge in [-0.25, -0.2) is 0 Å². The molecule has 0 aromatic rings. The summed E-state index contributed by atoms with van der Waals surface area (Å²) in [5.41, 5.74) is 0. The molecule has 0 radical (unpaired) electrons. The molecule has 2 fully saturated rings. The molecule has 22 heavy (non-hydrogen) atoms. The first-order valence-corrected chi connectivity index (χ1v) is 6.97. The molecule has 0 aromatic heterocycles. The quantitative estimate of drug-likeness (QED) is 0.268. The van der Waals surface area contributed by atoms with Gasteiger partial charge in [-0.05, 0) is 0 Å². The van der Waals surface area contributed by atoms with Crippen LogP contribution in [0.5, 0.6) is 0 Å². The second-order valence-corrected chi connectivity index (χ2v) is 5.43. The minimum Gasteiger partial charge on any atom is -0.394 e. The molecule has 0 saturated carbocycles. The van der Waals surface area contributed by atoms with Crippen LogP contribution in [-0.2, 0) is 14.2 Å². The Bertz CT molecular complexity index is 353. The van der Waals surface area contributed by atoms with Crippen LogP contribution < -0.4 is 0 Å². The standard InChI is InChI=1S/C12H22O10/c13-2-6-4(15)1-5(16)12(21-6)22-10-7(3-14)20-11(19)9(18)8(10)17/h4-19H,1-3H2/t4-,5-,6-,7-,8-,9?,10-,11?,12+/m1/s1. The molecule has 2 rings (SSSR count). The van der Waals surface area contributed by atoms with Crippen LogP contribution in [0.3, 0.4) is 0 Å². The van der Waals surface area contributed by atoms with Crippen molar-refractivity contribution in [1.29, 1.82) is 0 Å². The van der Waals surface area contributed by atoms with Crippen LogP contribution in [0, 0.1) is 0 Å². The summed E-state index contributed by atoms with van der Waals surface area (Å²) in [7, 11) is 0. The van der Waals surface area contributed by atoms with Crippen molar-refractivity contribution in [1.82, 2.24) is 0 Å². The molecule has 10 nitrogen and oxygen atoms in total. The number of rotatable bonds is 4. The Balaban J connectivity index is 2.06. The molecule has 2 saturated heterocycles. The van der Waals surface area contributed by atoms with Crippen LogP contribution >= 0.6 is 0 Å². The largest absolute Gasteiger partial charge is 0.394 e. The van der Waals surface area contributed by atoms with Crippen molar-refractivity contribution in [3.8, 4) is 0 Å². The van der Waals surface area contributed by atoms with Gasteiger partial charge in [-0.15, -0.1) is 0 Å². The molecule has 2 unspecified atom stereocenters. The van der Waals surface area contributed by atoms with E-state index in [1.54, 1.807) is 0 Å². The summed E-state index contributed by atoms with van der Waals surface area (Å²) in [4.78, 5) is 0. The Labute approximate surface area is 126 Å². The number of hydrogen-bond donors (Lipinski definition) is 7. The highest BCUT2D eigenvalue weighted by Crippen LogP contribution is 2.28. The van der Waals surface area contributed by atoms with E-state index in [1.807, 2.05) is 0 Å². The Kier molecular flexibility index (Phi) is 6.07. The fourth-order valence-electron chi connectivity index (χ4n) is 2.54. The maximum Gasteiger partial charge on any atom is 0.184 e. The van der Waals surface area contributed by atoms with Crippen LogP contribution in [0.15, 0.2) is 0 Å². The lowest BCUT2D eigenvalue weighted by molar-refractivity contribution is -0.343. The molecule has 10 heteroatoms. The van der Waals surface area contributed by atoms with Gasteiger partial charge in [0.2, 0.25) is 0 Å². The third kappa shape index (κ3) is 3.57. The first-order chi connectivity index (χ1) is 10.4. The van der Waals surface area contributed by atoms with Gasteiger partial charge in [0.25, 0.3) is 0 Å². The number of aliphatic hydroxyl groups excluding tert-OH is 7. The van der Waals surface area contributed by atoms with E-state index in [1.165, 1.54) is 0 Å². The predicted octanol–water partition coefficient (Wildman–Crippen LogP) is -4.37. The van der Waals surface area contributed by atoms with Crippen LogP contribution in [0.2, 0.25) is 0 Å². The van der Waals surface area contributed by atoms with E-state index in [0.717, 1.165) is 0 Å². The average Bonchev–Trinajstić information content (AvgIpc) is 2.49. The maximum absolute atomic E-state index is 9.94. The normalized spacial score (nSPS) is 50.0. The molecule has 0 bridgehead atoms. The summed E-state index contributed by atoms with van der Waals surface area (Å²) in [5.74, 6) is 0. The second kappa shape index (κ2) is 7.45. The summed E-state index contributed by atoms with van der Waals surface area (Å²) >= 11 is 0. The number of hydrogen-bond acceptors (Lipinski definition) is 10. The minimum atomic E-state index is -1.68. The third-order valence-corrected chi connectivity index (χ3v) is 3.85. The lowest BCUT2D eigenvalue weighted by Crippen LogP contribution is -2.62. The molecule has 130 valence electrons. The Hall–Kier alpha value is -0.400. The van der Waals surface area contributed by atoms with Crippen LogP contribution in [0.25, 0.3) is 0 Å². The fourth-order valence-corrected chi connectivity index (χ4v) is 2.54. The summed E-state index contributed by atoms with van der Waals surface area (Å²) in [6, 6.07) is 0. The minimum absolute atomic E-state index is 0.117. The van der Waals surface area contributed by atoms with Crippen molar-refractivity contribution < 1.29 is 50.0 Å². The van der Waals surface area contributed by atoms with Crippen molar-refractivity contribution in [2.45, 2.75) is 61.7 Å². The highest BCUT2D eigenvalue weighted by molar-refractivity contribution is 4.91. The van der Waals surface area contributed by atoms with Crippen LogP contribution in [0.4, 0.5) is 0 Å². The lowest BCUT2D eigenvalue weighted by atomic mass is 9.98. The van der Waals surface area contributed by atoms with E-state index < -0.39 is 68.5 Å². The molecule has 0 amide bonds. The summed E-state index contributed by atoms with van der Waals surface area (Å²) < 4.78 is 15.5. The first-order valence-electron chi connectivity index (χ1n) is 6.97. The zero-order valence-electron chi connectivity index (χ0n) is 11.7. The van der Waals surface area contributed by atoms with Crippen molar-refractivity contribution in [2.75, 3.05) is 13.2 Å². The maximum atomic E-state index is 9.94. The van der Waals surface area contributed by atoms with Gasteiger partial charge < -0.3 is 50.0 Å². The molecule has 2 heterocycles. The molecular weight excluding hydrogens is 304 g/mol. The molecule has 2 aliphatic rings. The highest BCUT2D eigenvalue weighted by Gasteiger charge is 2.47. The molecule has 0 aliphatic carbocycles. The Morgan fingerprint density at radius 2 is 1.45 bits per heavy atom. The van der Waals surface area contributed by atoms with Gasteiger partial charge in [-0.3, -0.25) is 0 Å². The molecular formula is C12H22O10. The number of aliphatic hydroxyl groups is 7. The van der Waals surface area contributed by atoms with Crippen LogP contribution in [-0.4, -0.2) is 104 Å². The fraction of sp³-hybridized carbons (Fsp3) is 1.00. The van der Waals surface area contributed by atoms with Gasteiger partial charge in [0, 0.05) is 6.42 Å². The average molecular weight is 326 g/mol. The van der Waals surface area contributed by atoms with E-state index in [4.69, 9.17) is 19.3 Å². The Morgan fingerprint density at radius 3 is 2.05 bits per heavy atom. The summed E-state index contributed by atoms with van der Waals surface area (Å²) in [5, 5.41) is 66.7. The van der Waals surface area contributed by atoms with Gasteiger partial charge in [0.05, 0.1) is 19.3 Å². The van der Waals surface area contributed by atoms with Gasteiger partial charge in [0.15, 0.2) is 12.6 Å². The van der Waals surface area contributed by atoms with Crippen molar-refractivity contribution in [3.63, 3.8) is 0 Å². The van der Waals surface area contributed by atoms with Gasteiger partial charge in [0.1, 0.15) is 36.6 Å². The molecule has 7 N–H and O–H groups in total. The van der Waals surface area contributed by atoms with Gasteiger partial charge >= 0.3 is 0 Å². The van der Waals surface area contributed by atoms with E-state index >= 15 is 0 Å². The van der Waals surface area contributed by atoms with Gasteiger partial charge in [-0.2, -0.15) is 0 Å². The van der Waals surface area contributed by atoms with Gasteiger partial charge in [-0.1, -0.05) is 0 Å². The van der Waals surface area contributed by atoms with E-state index in [-0.39, 0.29) is 6.42 Å². The highest BCUT2D eigenvalue weighted by atomic mass is 16.7. The lowest BCUT2D eigenvalue weighted by Gasteiger charge is -2.44. The zero-order valence-corrected chi connectivity index (χ0v) is 11.7. The SMILES string of the molecule is OC[C@H]1OC(O)C(O)[C@@H](O)[C@@H]1O[C@@H]1O[C@H](CO)[C@H](O)C[C@H]1O. The van der Waals surface area contributed by atoms with E-state index in [0.29, 0.717) is 0 Å². The second-order valence-electron chi connectivity index (χ2n) is 5.43. The van der Waals surface area contributed by atoms with Crippen LogP contribution in [0.1, 0.15) is 6.42 Å². The monoisotopic (exact) mass is 326 g/mol. The molecule has 2 aliphatic heterocycles. The third-order valence-electron chi connectivity index (χ3n) is 3.85. The molecule has 9 atom stereocenters. The topological polar surface area (TPSA) is 169 Å². The molecule has 0 spiro atoms. The summed E-state index contributed by atoms with van der Waals surface area (Å²) in [6.45, 7) is -1.11. The predicted molar refractivity (Wildman–Crippen MR) is 67.2 cm³/mol. The zero-order chi connectivity index (χ0) is 16.4. The number of ether oxygens (including phenoxy) is 3. The van der Waals surface area contributed by atoms with Crippen molar-refractivity contribution >= 4 is 0 Å². The Morgan fingerprint density at radius 1 is 0.818 bits per heavy atom. The molecule has 0 aromatic carbocycles.